The maximum atomic E-state index is 10.9. The van der Waals surface area contributed by atoms with E-state index in [1.54, 1.807) is 6.92 Å². The van der Waals surface area contributed by atoms with E-state index in [9.17, 15) is 4.79 Å². The van der Waals surface area contributed by atoms with Crippen LogP contribution in [-0.4, -0.2) is 5.78 Å². The average molecular weight is 160 g/mol. The third kappa shape index (κ3) is 2.06. The van der Waals surface area contributed by atoms with Gasteiger partial charge in [-0.1, -0.05) is 36.4 Å². The lowest BCUT2D eigenvalue weighted by Crippen LogP contribution is -1.90. The Morgan fingerprint density at radius 1 is 1.25 bits per heavy atom. The third-order valence-electron chi connectivity index (χ3n) is 1.68. The fourth-order valence-corrected chi connectivity index (χ4v) is 1.02. The summed E-state index contributed by atoms with van der Waals surface area (Å²) in [5.74, 6) is 0.113. The zero-order valence-corrected chi connectivity index (χ0v) is 7.37. The van der Waals surface area contributed by atoms with Crippen LogP contribution in [0.5, 0.6) is 0 Å². The molecule has 62 valence electrons. The van der Waals surface area contributed by atoms with Gasteiger partial charge in [-0.15, -0.1) is 0 Å². The monoisotopic (exact) mass is 160 g/mol. The summed E-state index contributed by atoms with van der Waals surface area (Å²) in [6.07, 6.45) is 3.98. The lowest BCUT2D eigenvalue weighted by atomic mass is 10.1. The molecule has 0 aliphatic rings. The normalized spacial score (nSPS) is 10.5. The summed E-state index contributed by atoms with van der Waals surface area (Å²) in [5, 5.41) is 0. The Morgan fingerprint density at radius 3 is 2.25 bits per heavy atom. The SMILES string of the molecule is CC=Cc1ccc(C(C)=O)cc1. The molecule has 0 spiro atoms. The average Bonchev–Trinajstić information content (AvgIpc) is 2.06. The fourth-order valence-electron chi connectivity index (χ4n) is 1.02. The van der Waals surface area contributed by atoms with E-state index in [4.69, 9.17) is 0 Å². The van der Waals surface area contributed by atoms with Crippen molar-refractivity contribution in [3.05, 3.63) is 41.5 Å². The van der Waals surface area contributed by atoms with Gasteiger partial charge < -0.3 is 0 Å². The quantitative estimate of drug-likeness (QED) is 0.608. The van der Waals surface area contributed by atoms with E-state index in [0.29, 0.717) is 0 Å². The predicted octanol–water partition coefficient (Wildman–Crippen LogP) is 2.92. The second kappa shape index (κ2) is 3.86. The Balaban J connectivity index is 2.93. The van der Waals surface area contributed by atoms with Gasteiger partial charge in [0.2, 0.25) is 0 Å². The lowest BCUT2D eigenvalue weighted by Gasteiger charge is -1.95. The molecule has 1 heteroatoms. The molecule has 0 saturated carbocycles. The van der Waals surface area contributed by atoms with Crippen molar-refractivity contribution in [2.45, 2.75) is 13.8 Å². The van der Waals surface area contributed by atoms with Gasteiger partial charge in [0.1, 0.15) is 0 Å². The van der Waals surface area contributed by atoms with Gasteiger partial charge >= 0.3 is 0 Å². The van der Waals surface area contributed by atoms with Crippen molar-refractivity contribution in [2.75, 3.05) is 0 Å². The van der Waals surface area contributed by atoms with Crippen LogP contribution in [0.4, 0.5) is 0 Å². The largest absolute Gasteiger partial charge is 0.295 e. The summed E-state index contributed by atoms with van der Waals surface area (Å²) in [4.78, 5) is 10.9. The van der Waals surface area contributed by atoms with Crippen LogP contribution in [0, 0.1) is 0 Å². The minimum Gasteiger partial charge on any atom is -0.295 e. The fraction of sp³-hybridized carbons (Fsp3) is 0.182. The third-order valence-corrected chi connectivity index (χ3v) is 1.68. The molecule has 0 unspecified atom stereocenters. The van der Waals surface area contributed by atoms with Crippen molar-refractivity contribution < 1.29 is 4.79 Å². The molecule has 12 heavy (non-hydrogen) atoms. The van der Waals surface area contributed by atoms with Gasteiger partial charge in [0, 0.05) is 5.56 Å². The van der Waals surface area contributed by atoms with Gasteiger partial charge in [0.25, 0.3) is 0 Å². The summed E-state index contributed by atoms with van der Waals surface area (Å²) >= 11 is 0. The molecule has 1 rings (SSSR count). The second-order valence-electron chi connectivity index (χ2n) is 2.68. The first-order valence-corrected chi connectivity index (χ1v) is 3.97. The van der Waals surface area contributed by atoms with Crippen LogP contribution in [0.15, 0.2) is 30.3 Å². The minimum absolute atomic E-state index is 0.113. The van der Waals surface area contributed by atoms with Crippen molar-refractivity contribution in [3.8, 4) is 0 Å². The van der Waals surface area contributed by atoms with Gasteiger partial charge in [-0.05, 0) is 19.4 Å². The van der Waals surface area contributed by atoms with Crippen molar-refractivity contribution in [3.63, 3.8) is 0 Å². The first kappa shape index (κ1) is 8.72. The summed E-state index contributed by atoms with van der Waals surface area (Å²) in [6, 6.07) is 7.57. The van der Waals surface area contributed by atoms with Gasteiger partial charge in [-0.3, -0.25) is 4.79 Å². The van der Waals surface area contributed by atoms with Crippen LogP contribution in [0.2, 0.25) is 0 Å². The number of carbonyl (C=O) groups excluding carboxylic acids is 1. The number of rotatable bonds is 2. The minimum atomic E-state index is 0.113. The molecule has 0 N–H and O–H groups in total. The highest BCUT2D eigenvalue weighted by Gasteiger charge is 1.96. The molecule has 0 amide bonds. The molecule has 0 fully saturated rings. The Hall–Kier alpha value is -1.37. The summed E-state index contributed by atoms with van der Waals surface area (Å²) in [7, 11) is 0. The highest BCUT2D eigenvalue weighted by Crippen LogP contribution is 2.06. The maximum Gasteiger partial charge on any atom is 0.159 e. The molecule has 0 atom stereocenters. The highest BCUT2D eigenvalue weighted by atomic mass is 16.1. The standard InChI is InChI=1S/C11H12O/c1-3-4-10-5-7-11(8-6-10)9(2)12/h3-8H,1-2H3. The molecule has 0 radical (unpaired) electrons. The number of carbonyl (C=O) groups is 1. The number of benzene rings is 1. The molecule has 0 bridgehead atoms. The van der Waals surface area contributed by atoms with Gasteiger partial charge in [-0.2, -0.15) is 0 Å². The van der Waals surface area contributed by atoms with Crippen LogP contribution in [0.1, 0.15) is 29.8 Å². The molecule has 0 aliphatic heterocycles. The highest BCUT2D eigenvalue weighted by molar-refractivity contribution is 5.94. The molecular weight excluding hydrogens is 148 g/mol. The Bertz CT molecular complexity index is 293. The lowest BCUT2D eigenvalue weighted by molar-refractivity contribution is 0.101. The topological polar surface area (TPSA) is 17.1 Å². The zero-order chi connectivity index (χ0) is 8.97. The number of Topliss-reactive ketones (excluding diaryl/α,β-unsaturated/α-hetero) is 1. The molecular formula is C11H12O. The molecule has 0 aromatic heterocycles. The van der Waals surface area contributed by atoms with E-state index in [-0.39, 0.29) is 5.78 Å². The van der Waals surface area contributed by atoms with Gasteiger partial charge in [0.05, 0.1) is 0 Å². The second-order valence-corrected chi connectivity index (χ2v) is 2.68. The van der Waals surface area contributed by atoms with Crippen LogP contribution < -0.4 is 0 Å². The number of hydrogen-bond donors (Lipinski definition) is 0. The molecule has 1 aromatic carbocycles. The smallest absolute Gasteiger partial charge is 0.159 e. The predicted molar refractivity (Wildman–Crippen MR) is 51.2 cm³/mol. The molecule has 1 aromatic rings. The first-order valence-electron chi connectivity index (χ1n) is 3.97. The van der Waals surface area contributed by atoms with Crippen LogP contribution in [0.25, 0.3) is 6.08 Å². The summed E-state index contributed by atoms with van der Waals surface area (Å²) in [6.45, 7) is 3.55. The molecule has 0 heterocycles. The number of ketones is 1. The molecule has 1 nitrogen and oxygen atoms in total. The Kier molecular flexibility index (Phi) is 2.81. The van der Waals surface area contributed by atoms with Gasteiger partial charge in [0.15, 0.2) is 5.78 Å². The summed E-state index contributed by atoms with van der Waals surface area (Å²) < 4.78 is 0. The maximum absolute atomic E-state index is 10.9. The van der Waals surface area contributed by atoms with Crippen LogP contribution >= 0.6 is 0 Å². The molecule has 0 saturated heterocycles. The van der Waals surface area contributed by atoms with E-state index >= 15 is 0 Å². The first-order chi connectivity index (χ1) is 5.74. The van der Waals surface area contributed by atoms with Crippen molar-refractivity contribution in [1.82, 2.24) is 0 Å². The van der Waals surface area contributed by atoms with E-state index in [1.807, 2.05) is 43.3 Å². The number of hydrogen-bond acceptors (Lipinski definition) is 1. The van der Waals surface area contributed by atoms with Gasteiger partial charge in [-0.25, -0.2) is 0 Å². The van der Waals surface area contributed by atoms with Crippen molar-refractivity contribution in [1.29, 1.82) is 0 Å². The number of allylic oxidation sites excluding steroid dienone is 1. The molecule has 0 aliphatic carbocycles. The van der Waals surface area contributed by atoms with Crippen LogP contribution in [-0.2, 0) is 0 Å². The van der Waals surface area contributed by atoms with E-state index in [2.05, 4.69) is 0 Å². The van der Waals surface area contributed by atoms with Crippen molar-refractivity contribution >= 4 is 11.9 Å². The van der Waals surface area contributed by atoms with Crippen LogP contribution in [0.3, 0.4) is 0 Å². The Morgan fingerprint density at radius 2 is 1.83 bits per heavy atom. The van der Waals surface area contributed by atoms with Crippen molar-refractivity contribution in [2.24, 2.45) is 0 Å². The Labute approximate surface area is 72.7 Å². The van der Waals surface area contributed by atoms with E-state index in [0.717, 1.165) is 11.1 Å². The summed E-state index contributed by atoms with van der Waals surface area (Å²) in [5.41, 5.74) is 1.89. The zero-order valence-electron chi connectivity index (χ0n) is 7.37. The van der Waals surface area contributed by atoms with E-state index < -0.39 is 0 Å². The van der Waals surface area contributed by atoms with E-state index in [1.165, 1.54) is 0 Å².